The monoisotopic (exact) mass is 357 g/mol. The highest BCUT2D eigenvalue weighted by atomic mass is 79.9. The van der Waals surface area contributed by atoms with Crippen molar-refractivity contribution < 1.29 is 9.47 Å². The number of hydrogen-bond donors (Lipinski definition) is 1. The molecule has 1 N–H and O–H groups in total. The van der Waals surface area contributed by atoms with Crippen LogP contribution in [0.5, 0.6) is 11.5 Å². The average Bonchev–Trinajstić information content (AvgIpc) is 2.40. The molecule has 1 aromatic rings. The number of rotatable bonds is 9. The van der Waals surface area contributed by atoms with Gasteiger partial charge in [0, 0.05) is 4.47 Å². The third-order valence-corrected chi connectivity index (χ3v) is 4.18. The van der Waals surface area contributed by atoms with E-state index in [0.717, 1.165) is 35.4 Å². The van der Waals surface area contributed by atoms with E-state index < -0.39 is 0 Å². The number of hydrogen-bond acceptors (Lipinski definition) is 3. The van der Waals surface area contributed by atoms with Crippen LogP contribution in [-0.2, 0) is 6.42 Å². The van der Waals surface area contributed by atoms with Crippen LogP contribution in [0.1, 0.15) is 39.7 Å². The van der Waals surface area contributed by atoms with Crippen LogP contribution in [0.25, 0.3) is 0 Å². The van der Waals surface area contributed by atoms with E-state index in [4.69, 9.17) is 9.47 Å². The number of aryl methyl sites for hydroxylation is 1. The Balaban J connectivity index is 2.89. The quantitative estimate of drug-likeness (QED) is 0.709. The summed E-state index contributed by atoms with van der Waals surface area (Å²) in [6.07, 6.45) is 2.13. The zero-order chi connectivity index (χ0) is 15.9. The summed E-state index contributed by atoms with van der Waals surface area (Å²) < 4.78 is 12.4. The molecule has 1 aromatic carbocycles. The summed E-state index contributed by atoms with van der Waals surface area (Å²) in [6.45, 7) is 10.9. The van der Waals surface area contributed by atoms with Crippen molar-refractivity contribution in [2.45, 2.75) is 40.5 Å². The minimum absolute atomic E-state index is 0.276. The predicted molar refractivity (Wildman–Crippen MR) is 92.5 cm³/mol. The van der Waals surface area contributed by atoms with E-state index in [0.29, 0.717) is 13.2 Å². The van der Waals surface area contributed by atoms with E-state index in [9.17, 15) is 0 Å². The van der Waals surface area contributed by atoms with E-state index in [1.807, 2.05) is 27.0 Å². The van der Waals surface area contributed by atoms with Gasteiger partial charge < -0.3 is 14.8 Å². The van der Waals surface area contributed by atoms with Crippen molar-refractivity contribution in [2.75, 3.05) is 26.8 Å². The molecule has 3 nitrogen and oxygen atoms in total. The van der Waals surface area contributed by atoms with Crippen LogP contribution < -0.4 is 14.8 Å². The number of ether oxygens (including phenoxy) is 2. The molecule has 0 amide bonds. The molecular weight excluding hydrogens is 330 g/mol. The highest BCUT2D eigenvalue weighted by molar-refractivity contribution is 9.10. The summed E-state index contributed by atoms with van der Waals surface area (Å²) in [5.41, 5.74) is 1.55. The van der Waals surface area contributed by atoms with Crippen LogP contribution in [-0.4, -0.2) is 26.8 Å². The maximum atomic E-state index is 5.71. The largest absolute Gasteiger partial charge is 0.490 e. The second kappa shape index (κ2) is 8.64. The lowest BCUT2D eigenvalue weighted by atomic mass is 9.86. The fourth-order valence-electron chi connectivity index (χ4n) is 2.35. The van der Waals surface area contributed by atoms with Crippen LogP contribution in [0.15, 0.2) is 16.6 Å². The molecule has 0 heterocycles. The Hall–Kier alpha value is -0.740. The molecule has 0 atom stereocenters. The van der Waals surface area contributed by atoms with Crippen molar-refractivity contribution in [3.63, 3.8) is 0 Å². The molecule has 0 fully saturated rings. The summed E-state index contributed by atoms with van der Waals surface area (Å²) in [6, 6.07) is 4.13. The zero-order valence-corrected chi connectivity index (χ0v) is 15.5. The Morgan fingerprint density at radius 2 is 1.67 bits per heavy atom. The standard InChI is InChI=1S/C17H28BrNO2/c1-6-20-15-10-13(8-9-17(3,4)12-19-5)14(18)11-16(15)21-7-2/h10-11,19H,6-9,12H2,1-5H3. The first kappa shape index (κ1) is 18.3. The molecule has 1 rings (SSSR count). The van der Waals surface area contributed by atoms with E-state index in [2.05, 4.69) is 41.2 Å². The van der Waals surface area contributed by atoms with Crippen molar-refractivity contribution in [1.82, 2.24) is 5.32 Å². The van der Waals surface area contributed by atoms with Gasteiger partial charge >= 0.3 is 0 Å². The normalized spacial score (nSPS) is 11.5. The topological polar surface area (TPSA) is 30.5 Å². The highest BCUT2D eigenvalue weighted by Crippen LogP contribution is 2.35. The van der Waals surface area contributed by atoms with Gasteiger partial charge in [0.05, 0.1) is 13.2 Å². The molecule has 0 aliphatic rings. The van der Waals surface area contributed by atoms with Crippen molar-refractivity contribution in [1.29, 1.82) is 0 Å². The number of nitrogens with one attached hydrogen (secondary N) is 1. The summed E-state index contributed by atoms with van der Waals surface area (Å²) in [4.78, 5) is 0. The van der Waals surface area contributed by atoms with Gasteiger partial charge in [-0.1, -0.05) is 29.8 Å². The molecule has 0 aliphatic heterocycles. The van der Waals surface area contributed by atoms with Crippen molar-refractivity contribution in [2.24, 2.45) is 5.41 Å². The maximum absolute atomic E-state index is 5.71. The molecule has 0 unspecified atom stereocenters. The lowest BCUT2D eigenvalue weighted by Crippen LogP contribution is -2.27. The molecular formula is C17H28BrNO2. The second-order valence-corrected chi connectivity index (χ2v) is 6.81. The molecule has 0 saturated heterocycles. The zero-order valence-electron chi connectivity index (χ0n) is 13.9. The first-order valence-electron chi connectivity index (χ1n) is 7.66. The first-order valence-corrected chi connectivity index (χ1v) is 8.45. The fourth-order valence-corrected chi connectivity index (χ4v) is 2.87. The van der Waals surface area contributed by atoms with E-state index in [1.54, 1.807) is 0 Å². The van der Waals surface area contributed by atoms with Gasteiger partial charge in [-0.15, -0.1) is 0 Å². The molecule has 120 valence electrons. The van der Waals surface area contributed by atoms with Crippen molar-refractivity contribution in [3.8, 4) is 11.5 Å². The first-order chi connectivity index (χ1) is 9.93. The van der Waals surface area contributed by atoms with E-state index in [-0.39, 0.29) is 5.41 Å². The molecule has 0 bridgehead atoms. The Labute approximate surface area is 137 Å². The minimum Gasteiger partial charge on any atom is -0.490 e. The van der Waals surface area contributed by atoms with Crippen LogP contribution in [0, 0.1) is 5.41 Å². The SMILES string of the molecule is CCOc1cc(Br)c(CCC(C)(C)CNC)cc1OCC. The lowest BCUT2D eigenvalue weighted by Gasteiger charge is -2.24. The van der Waals surface area contributed by atoms with Crippen LogP contribution >= 0.6 is 15.9 Å². The van der Waals surface area contributed by atoms with Gasteiger partial charge in [-0.3, -0.25) is 0 Å². The molecule has 0 saturated carbocycles. The summed E-state index contributed by atoms with van der Waals surface area (Å²) >= 11 is 3.66. The fraction of sp³-hybridized carbons (Fsp3) is 0.647. The summed E-state index contributed by atoms with van der Waals surface area (Å²) in [7, 11) is 2.00. The smallest absolute Gasteiger partial charge is 0.162 e. The van der Waals surface area contributed by atoms with Gasteiger partial charge in [0.2, 0.25) is 0 Å². The van der Waals surface area contributed by atoms with Crippen LogP contribution in [0.2, 0.25) is 0 Å². The lowest BCUT2D eigenvalue weighted by molar-refractivity contribution is 0.286. The second-order valence-electron chi connectivity index (χ2n) is 5.95. The van der Waals surface area contributed by atoms with Gasteiger partial charge in [0.15, 0.2) is 11.5 Å². The van der Waals surface area contributed by atoms with Crippen molar-refractivity contribution >= 4 is 15.9 Å². The predicted octanol–water partition coefficient (Wildman–Crippen LogP) is 4.42. The third-order valence-electron chi connectivity index (χ3n) is 3.44. The molecule has 4 heteroatoms. The average molecular weight is 358 g/mol. The Morgan fingerprint density at radius 3 is 2.19 bits per heavy atom. The van der Waals surface area contributed by atoms with Crippen molar-refractivity contribution in [3.05, 3.63) is 22.2 Å². The minimum atomic E-state index is 0.276. The number of benzene rings is 1. The molecule has 0 aromatic heterocycles. The van der Waals surface area contributed by atoms with Gasteiger partial charge in [-0.05, 0) is 63.4 Å². The molecule has 0 spiro atoms. The third kappa shape index (κ3) is 5.87. The summed E-state index contributed by atoms with van der Waals surface area (Å²) in [5, 5.41) is 3.26. The Kier molecular flexibility index (Phi) is 7.53. The molecule has 21 heavy (non-hydrogen) atoms. The Bertz CT molecular complexity index is 447. The maximum Gasteiger partial charge on any atom is 0.162 e. The van der Waals surface area contributed by atoms with Crippen LogP contribution in [0.4, 0.5) is 0 Å². The number of halogens is 1. The van der Waals surface area contributed by atoms with Gasteiger partial charge in [-0.25, -0.2) is 0 Å². The molecule has 0 radical (unpaired) electrons. The van der Waals surface area contributed by atoms with Gasteiger partial charge in [0.25, 0.3) is 0 Å². The summed E-state index contributed by atoms with van der Waals surface area (Å²) in [5.74, 6) is 1.65. The van der Waals surface area contributed by atoms with Crippen LogP contribution in [0.3, 0.4) is 0 Å². The van der Waals surface area contributed by atoms with Gasteiger partial charge in [0.1, 0.15) is 0 Å². The van der Waals surface area contributed by atoms with E-state index >= 15 is 0 Å². The Morgan fingerprint density at radius 1 is 1.10 bits per heavy atom. The molecule has 0 aliphatic carbocycles. The van der Waals surface area contributed by atoms with E-state index in [1.165, 1.54) is 5.56 Å². The van der Waals surface area contributed by atoms with Gasteiger partial charge in [-0.2, -0.15) is 0 Å². The highest BCUT2D eigenvalue weighted by Gasteiger charge is 2.18.